The molecular weight excluding hydrogens is 244 g/mol. The van der Waals surface area contributed by atoms with Gasteiger partial charge in [0.1, 0.15) is 0 Å². The molecule has 0 spiro atoms. The van der Waals surface area contributed by atoms with E-state index in [4.69, 9.17) is 5.73 Å². The fourth-order valence-corrected chi connectivity index (χ4v) is 3.21. The Morgan fingerprint density at radius 3 is 2.56 bits per heavy atom. The minimum atomic E-state index is 0.220. The van der Waals surface area contributed by atoms with Crippen LogP contribution in [0.1, 0.15) is 23.7 Å². The lowest BCUT2D eigenvalue weighted by Gasteiger charge is -2.18. The third-order valence-corrected chi connectivity index (χ3v) is 4.53. The number of hydrogen-bond acceptors (Lipinski definition) is 3. The number of carbonyl (C=O) groups excluding carboxylic acids is 1. The van der Waals surface area contributed by atoms with Crippen LogP contribution in [0.2, 0.25) is 0 Å². The SMILES string of the molecule is NCC(SCC(=O)N1CCCC1)c1ccccc1. The highest BCUT2D eigenvalue weighted by Crippen LogP contribution is 2.27. The lowest BCUT2D eigenvalue weighted by Crippen LogP contribution is -2.29. The summed E-state index contributed by atoms with van der Waals surface area (Å²) in [6.45, 7) is 2.43. The van der Waals surface area contributed by atoms with Gasteiger partial charge in [-0.05, 0) is 18.4 Å². The summed E-state index contributed by atoms with van der Waals surface area (Å²) in [6, 6.07) is 10.2. The quantitative estimate of drug-likeness (QED) is 0.885. The van der Waals surface area contributed by atoms with Crippen molar-refractivity contribution in [1.29, 1.82) is 0 Å². The van der Waals surface area contributed by atoms with Crippen molar-refractivity contribution < 1.29 is 4.79 Å². The number of amides is 1. The van der Waals surface area contributed by atoms with Crippen LogP contribution in [0.3, 0.4) is 0 Å². The Bertz CT molecular complexity index is 377. The normalized spacial score (nSPS) is 16.8. The van der Waals surface area contributed by atoms with E-state index in [0.29, 0.717) is 12.3 Å². The molecule has 0 saturated carbocycles. The van der Waals surface area contributed by atoms with Crippen molar-refractivity contribution in [2.45, 2.75) is 18.1 Å². The molecule has 2 rings (SSSR count). The molecule has 1 aromatic rings. The van der Waals surface area contributed by atoms with Crippen LogP contribution in [0.25, 0.3) is 0 Å². The summed E-state index contributed by atoms with van der Waals surface area (Å²) in [6.07, 6.45) is 2.30. The van der Waals surface area contributed by atoms with Gasteiger partial charge in [0.25, 0.3) is 0 Å². The Labute approximate surface area is 113 Å². The van der Waals surface area contributed by atoms with Gasteiger partial charge in [0.15, 0.2) is 0 Å². The number of benzene rings is 1. The van der Waals surface area contributed by atoms with E-state index in [0.717, 1.165) is 25.9 Å². The van der Waals surface area contributed by atoms with Gasteiger partial charge < -0.3 is 10.6 Å². The van der Waals surface area contributed by atoms with Gasteiger partial charge in [-0.1, -0.05) is 30.3 Å². The van der Waals surface area contributed by atoms with Crippen LogP contribution in [0.4, 0.5) is 0 Å². The molecule has 0 bridgehead atoms. The third kappa shape index (κ3) is 3.50. The van der Waals surface area contributed by atoms with E-state index >= 15 is 0 Å². The van der Waals surface area contributed by atoms with Crippen molar-refractivity contribution in [3.05, 3.63) is 35.9 Å². The zero-order valence-electron chi connectivity index (χ0n) is 10.5. The highest BCUT2D eigenvalue weighted by Gasteiger charge is 2.19. The topological polar surface area (TPSA) is 46.3 Å². The van der Waals surface area contributed by atoms with Crippen molar-refractivity contribution >= 4 is 17.7 Å². The largest absolute Gasteiger partial charge is 0.342 e. The van der Waals surface area contributed by atoms with Gasteiger partial charge in [0, 0.05) is 24.9 Å². The van der Waals surface area contributed by atoms with Gasteiger partial charge in [-0.2, -0.15) is 0 Å². The van der Waals surface area contributed by atoms with Crippen LogP contribution in [-0.4, -0.2) is 36.2 Å². The summed E-state index contributed by atoms with van der Waals surface area (Å²) in [5.41, 5.74) is 7.01. The maximum atomic E-state index is 12.0. The minimum absolute atomic E-state index is 0.220. The highest BCUT2D eigenvalue weighted by atomic mass is 32.2. The molecule has 1 amide bonds. The van der Waals surface area contributed by atoms with Crippen molar-refractivity contribution in [2.75, 3.05) is 25.4 Å². The van der Waals surface area contributed by atoms with Crippen LogP contribution in [0, 0.1) is 0 Å². The second-order valence-electron chi connectivity index (χ2n) is 4.53. The van der Waals surface area contributed by atoms with Crippen molar-refractivity contribution in [3.63, 3.8) is 0 Å². The van der Waals surface area contributed by atoms with E-state index in [-0.39, 0.29) is 11.2 Å². The summed E-state index contributed by atoms with van der Waals surface area (Å²) < 4.78 is 0. The minimum Gasteiger partial charge on any atom is -0.342 e. The van der Waals surface area contributed by atoms with E-state index in [1.54, 1.807) is 11.8 Å². The molecule has 0 aromatic heterocycles. The fourth-order valence-electron chi connectivity index (χ4n) is 2.20. The molecule has 1 atom stereocenters. The van der Waals surface area contributed by atoms with Crippen LogP contribution >= 0.6 is 11.8 Å². The molecule has 0 aliphatic carbocycles. The van der Waals surface area contributed by atoms with Crippen LogP contribution in [0.5, 0.6) is 0 Å². The summed E-state index contributed by atoms with van der Waals surface area (Å²) in [5, 5.41) is 0.220. The second-order valence-corrected chi connectivity index (χ2v) is 5.72. The van der Waals surface area contributed by atoms with E-state index in [9.17, 15) is 4.79 Å². The van der Waals surface area contributed by atoms with E-state index in [1.807, 2.05) is 23.1 Å². The molecule has 1 aliphatic heterocycles. The van der Waals surface area contributed by atoms with Crippen LogP contribution in [-0.2, 0) is 4.79 Å². The highest BCUT2D eigenvalue weighted by molar-refractivity contribution is 8.00. The van der Waals surface area contributed by atoms with Gasteiger partial charge >= 0.3 is 0 Å². The standard InChI is InChI=1S/C14H20N2OS/c15-10-13(12-6-2-1-3-7-12)18-11-14(17)16-8-4-5-9-16/h1-3,6-7,13H,4-5,8-11,15H2. The first-order chi connectivity index (χ1) is 8.81. The Kier molecular flexibility index (Phi) is 5.08. The predicted octanol–water partition coefficient (Wildman–Crippen LogP) is 2.04. The molecule has 4 heteroatoms. The number of thioether (sulfide) groups is 1. The van der Waals surface area contributed by atoms with E-state index in [1.165, 1.54) is 5.56 Å². The zero-order valence-corrected chi connectivity index (χ0v) is 11.4. The summed E-state index contributed by atoms with van der Waals surface area (Å²) in [5.74, 6) is 0.795. The molecule has 3 nitrogen and oxygen atoms in total. The first-order valence-electron chi connectivity index (χ1n) is 6.45. The molecule has 1 aliphatic rings. The summed E-state index contributed by atoms with van der Waals surface area (Å²) >= 11 is 1.65. The number of carbonyl (C=O) groups is 1. The lowest BCUT2D eigenvalue weighted by atomic mass is 10.1. The molecule has 2 N–H and O–H groups in total. The average Bonchev–Trinajstić information content (AvgIpc) is 2.94. The molecule has 18 heavy (non-hydrogen) atoms. The van der Waals surface area contributed by atoms with Gasteiger partial charge in [-0.3, -0.25) is 4.79 Å². The van der Waals surface area contributed by atoms with Gasteiger partial charge in [-0.25, -0.2) is 0 Å². The summed E-state index contributed by atoms with van der Waals surface area (Å²) in [4.78, 5) is 13.9. The van der Waals surface area contributed by atoms with E-state index < -0.39 is 0 Å². The van der Waals surface area contributed by atoms with E-state index in [2.05, 4.69) is 12.1 Å². The van der Waals surface area contributed by atoms with Crippen molar-refractivity contribution in [1.82, 2.24) is 4.90 Å². The fraction of sp³-hybridized carbons (Fsp3) is 0.500. The Hall–Kier alpha value is -1.00. The molecule has 98 valence electrons. The second kappa shape index (κ2) is 6.81. The molecule has 0 radical (unpaired) electrons. The molecule has 1 heterocycles. The number of hydrogen-bond donors (Lipinski definition) is 1. The first kappa shape index (κ1) is 13.4. The van der Waals surface area contributed by atoms with Crippen LogP contribution in [0.15, 0.2) is 30.3 Å². The van der Waals surface area contributed by atoms with Crippen molar-refractivity contribution in [3.8, 4) is 0 Å². The summed E-state index contributed by atoms with van der Waals surface area (Å²) in [7, 11) is 0. The Balaban J connectivity index is 1.85. The first-order valence-corrected chi connectivity index (χ1v) is 7.50. The van der Waals surface area contributed by atoms with Crippen LogP contribution < -0.4 is 5.73 Å². The Morgan fingerprint density at radius 2 is 1.94 bits per heavy atom. The molecule has 1 fully saturated rings. The number of nitrogens with zero attached hydrogens (tertiary/aromatic N) is 1. The van der Waals surface area contributed by atoms with Gasteiger partial charge in [0.2, 0.25) is 5.91 Å². The maximum Gasteiger partial charge on any atom is 0.232 e. The number of nitrogens with two attached hydrogens (primary N) is 1. The molecule has 1 saturated heterocycles. The molecule has 1 aromatic carbocycles. The zero-order chi connectivity index (χ0) is 12.8. The smallest absolute Gasteiger partial charge is 0.232 e. The maximum absolute atomic E-state index is 12.0. The number of likely N-dealkylation sites (tertiary alicyclic amines) is 1. The van der Waals surface area contributed by atoms with Gasteiger partial charge in [-0.15, -0.1) is 11.8 Å². The lowest BCUT2D eigenvalue weighted by molar-refractivity contribution is -0.127. The average molecular weight is 264 g/mol. The molecule has 1 unspecified atom stereocenters. The molecular formula is C14H20N2OS. The monoisotopic (exact) mass is 264 g/mol. The predicted molar refractivity (Wildman–Crippen MR) is 76.5 cm³/mol. The van der Waals surface area contributed by atoms with Gasteiger partial charge in [0.05, 0.1) is 5.75 Å². The number of rotatable bonds is 5. The Morgan fingerprint density at radius 1 is 1.28 bits per heavy atom. The third-order valence-electron chi connectivity index (χ3n) is 3.25. The van der Waals surface area contributed by atoms with Crippen molar-refractivity contribution in [2.24, 2.45) is 5.73 Å².